The Morgan fingerprint density at radius 1 is 0.660 bits per heavy atom. The largest absolute Gasteiger partial charge is 1.00 e. The minimum absolute atomic E-state index is 0. The number of halogens is 7. The Bertz CT molecular complexity index is 3580. The number of ketones is 1. The van der Waals surface area contributed by atoms with E-state index in [1.54, 1.807) is 78.9 Å². The number of rotatable bonds is 27. The second-order valence-electron chi connectivity index (χ2n) is 20.7. The molecule has 3 atom stereocenters. The van der Waals surface area contributed by atoms with Crippen molar-refractivity contribution in [2.24, 2.45) is 17.2 Å². The van der Waals surface area contributed by atoms with E-state index in [1.165, 1.54) is 44.9 Å². The van der Waals surface area contributed by atoms with E-state index in [2.05, 4.69) is 44.9 Å². The molecule has 0 bridgehead atoms. The van der Waals surface area contributed by atoms with Gasteiger partial charge in [-0.2, -0.15) is 10.2 Å². The van der Waals surface area contributed by atoms with E-state index >= 15 is 0 Å². The summed E-state index contributed by atoms with van der Waals surface area (Å²) in [4.78, 5) is 94.6. The van der Waals surface area contributed by atoms with E-state index in [4.69, 9.17) is 78.8 Å². The normalized spacial score (nSPS) is 10.9. The van der Waals surface area contributed by atoms with Crippen molar-refractivity contribution < 1.29 is 171 Å². The molecule has 10 N–H and O–H groups in total. The van der Waals surface area contributed by atoms with Crippen LogP contribution in [-0.4, -0.2) is 114 Å². The van der Waals surface area contributed by atoms with Crippen LogP contribution in [-0.2, 0) is 66.3 Å². The van der Waals surface area contributed by atoms with Crippen molar-refractivity contribution in [3.05, 3.63) is 164 Å². The van der Waals surface area contributed by atoms with Crippen LogP contribution in [0.5, 0.6) is 0 Å². The molecule has 97 heavy (non-hydrogen) atoms. The first-order valence-electron chi connectivity index (χ1n) is 29.3. The molecule has 524 valence electrons. The van der Waals surface area contributed by atoms with Crippen LogP contribution in [0.1, 0.15) is 140 Å². The van der Waals surface area contributed by atoms with Gasteiger partial charge in [0.25, 0.3) is 18.3 Å². The second kappa shape index (κ2) is 53.0. The molecule has 0 aliphatic rings. The fraction of sp³-hybridized carbons (Fsp3) is 0.394. The summed E-state index contributed by atoms with van der Waals surface area (Å²) >= 11 is 22.4. The second-order valence-corrected chi connectivity index (χ2v) is 22.2. The molecule has 7 aromatic rings. The molecule has 0 saturated heterocycles. The number of hydrogen-bond acceptors (Lipinski definition) is 14. The molecule has 7 rings (SSSR count). The number of primary amides is 2. The van der Waals surface area contributed by atoms with Crippen molar-refractivity contribution in [2.75, 3.05) is 19.0 Å². The zero-order valence-electron chi connectivity index (χ0n) is 55.4. The van der Waals surface area contributed by atoms with Crippen molar-refractivity contribution >= 4 is 116 Å². The Hall–Kier alpha value is -4.90. The number of para-hydroxylation sites is 2. The van der Waals surface area contributed by atoms with Crippen molar-refractivity contribution in [3.63, 3.8) is 0 Å². The summed E-state index contributed by atoms with van der Waals surface area (Å²) < 4.78 is 43.6. The first-order chi connectivity index (χ1) is 44.2. The molecule has 0 saturated carbocycles. The van der Waals surface area contributed by atoms with Crippen LogP contribution in [0.15, 0.2) is 103 Å². The molecule has 5 aromatic carbocycles. The molecule has 5 amide bonds. The van der Waals surface area contributed by atoms with Crippen LogP contribution in [0, 0.1) is 17.5 Å². The van der Waals surface area contributed by atoms with E-state index < -0.39 is 41.1 Å². The predicted molar refractivity (Wildman–Crippen MR) is 365 cm³/mol. The van der Waals surface area contributed by atoms with Gasteiger partial charge in [0.15, 0.2) is 11.4 Å². The predicted octanol–water partition coefficient (Wildman–Crippen LogP) is 4.54. The smallest absolute Gasteiger partial charge is 1.00 e. The van der Waals surface area contributed by atoms with Gasteiger partial charge in [0.1, 0.15) is 36.3 Å². The minimum Gasteiger partial charge on any atom is -1.00 e. The summed E-state index contributed by atoms with van der Waals surface area (Å²) in [7, 11) is 0. The number of carboxylic acid groups (broad SMARTS) is 1. The van der Waals surface area contributed by atoms with Gasteiger partial charge in [-0.15, -0.1) is 11.6 Å². The van der Waals surface area contributed by atoms with Crippen LogP contribution in [0.4, 0.5) is 13.2 Å². The van der Waals surface area contributed by atoms with Crippen molar-refractivity contribution in [1.29, 1.82) is 0 Å². The van der Waals surface area contributed by atoms with E-state index in [1.807, 2.05) is 27.7 Å². The van der Waals surface area contributed by atoms with Gasteiger partial charge in [-0.1, -0.05) is 162 Å². The number of benzene rings is 5. The third-order valence-electron chi connectivity index (χ3n) is 13.2. The first-order valence-corrected chi connectivity index (χ1v) is 31.0. The maximum absolute atomic E-state index is 14.1. The SMILES string of the molecule is C.C.CCCC(C)N.CCCC(C)N(CC(=O)NCc1cccc(Cl)c1F)C(=O)Cn1nc(C(N)=O)c2ccccc21.CCCC(C)NCC(=O)NCc1cccc(Cl)c1F.NC(=O)c1nn(CC(=O)O)c2ccccc12.O=C(CCl)CCc1cccc(Cl)c1F.O=CO[O-].[H-].[K+].[K+]. The number of alkyl halides is 1. The number of aryl methyl sites for hydroxylation is 1. The summed E-state index contributed by atoms with van der Waals surface area (Å²) in [5, 5.41) is 34.9. The average molecular weight is 1490 g/mol. The third-order valence-corrected chi connectivity index (χ3v) is 14.4. The van der Waals surface area contributed by atoms with Gasteiger partial charge in [0.2, 0.25) is 17.7 Å². The molecule has 2 aromatic heterocycles. The first kappa shape index (κ1) is 96.3. The summed E-state index contributed by atoms with van der Waals surface area (Å²) in [6.07, 6.45) is 6.56. The van der Waals surface area contributed by atoms with E-state index in [-0.39, 0.29) is 233 Å². The van der Waals surface area contributed by atoms with E-state index in [0.717, 1.165) is 25.7 Å². The summed E-state index contributed by atoms with van der Waals surface area (Å²) in [6, 6.07) is 28.4. The molecule has 2 heterocycles. The zero-order valence-corrected chi connectivity index (χ0v) is 63.6. The van der Waals surface area contributed by atoms with Crippen LogP contribution < -0.4 is 141 Å². The van der Waals surface area contributed by atoms with Gasteiger partial charge in [0, 0.05) is 59.5 Å². The topological polar surface area (TPSA) is 342 Å². The molecule has 0 fully saturated rings. The number of amides is 5. The van der Waals surface area contributed by atoms with Crippen molar-refractivity contribution in [3.8, 4) is 0 Å². The van der Waals surface area contributed by atoms with Crippen LogP contribution >= 0.6 is 46.4 Å². The Balaban J connectivity index is -0.000000594. The Morgan fingerprint density at radius 2 is 1.07 bits per heavy atom. The van der Waals surface area contributed by atoms with Gasteiger partial charge in [-0.3, -0.25) is 47.7 Å². The zero-order chi connectivity index (χ0) is 69.7. The fourth-order valence-corrected chi connectivity index (χ4v) is 9.36. The number of fused-ring (bicyclic) bond motifs is 2. The van der Waals surface area contributed by atoms with Crippen molar-refractivity contribution in [1.82, 2.24) is 40.4 Å². The number of hydrogen-bond donors (Lipinski definition) is 7. The Morgan fingerprint density at radius 3 is 1.46 bits per heavy atom. The molecular formula is C66H88Cl4F3K2N11O11. The number of nitrogens with zero attached hydrogens (tertiary/aromatic N) is 5. The summed E-state index contributed by atoms with van der Waals surface area (Å²) in [5.74, 6) is -4.93. The van der Waals surface area contributed by atoms with Gasteiger partial charge in [0.05, 0.1) is 45.1 Å². The number of carbonyl (C=O) groups is 8. The number of nitrogens with two attached hydrogens (primary N) is 3. The van der Waals surface area contributed by atoms with E-state index in [9.17, 15) is 46.7 Å². The number of carbonyl (C=O) groups excluding carboxylic acids is 7. The molecule has 22 nitrogen and oxygen atoms in total. The molecule has 3 unspecified atom stereocenters. The van der Waals surface area contributed by atoms with E-state index in [0.29, 0.717) is 57.9 Å². The Kier molecular flexibility index (Phi) is 52.6. The number of aromatic nitrogens is 4. The number of Topliss-reactive ketones (excluding diaryl/α,β-unsaturated/α-hetero) is 1. The number of carboxylic acids is 1. The Labute approximate surface area is 671 Å². The van der Waals surface area contributed by atoms with Crippen LogP contribution in [0.25, 0.3) is 21.8 Å². The van der Waals surface area contributed by atoms with Crippen molar-refractivity contribution in [2.45, 2.75) is 152 Å². The minimum atomic E-state index is -1.02. The number of nitrogens with one attached hydrogen (secondary N) is 3. The fourth-order valence-electron chi connectivity index (χ4n) is 8.64. The molecule has 31 heteroatoms. The number of aliphatic carboxylic acids is 1. The molecule has 0 spiro atoms. The molecule has 0 radical (unpaired) electrons. The van der Waals surface area contributed by atoms with Gasteiger partial charge in [-0.25, -0.2) is 13.2 Å². The maximum atomic E-state index is 14.1. The molecular weight excluding hydrogens is 1400 g/mol. The van der Waals surface area contributed by atoms with Gasteiger partial charge < -0.3 is 54.7 Å². The average Bonchev–Trinajstić information content (AvgIpc) is 1.65. The maximum Gasteiger partial charge on any atom is 1.00 e. The molecule has 0 aliphatic carbocycles. The monoisotopic (exact) mass is 1490 g/mol. The summed E-state index contributed by atoms with van der Waals surface area (Å²) in [5.41, 5.74) is 18.5. The third kappa shape index (κ3) is 35.3. The quantitative estimate of drug-likeness (QED) is 0.0122. The standard InChI is InChI=1S/C24H27ClFN5O3.C14H20ClFN2O.C10H9Cl2FO.C10H9N3O3.C5H13N.CH2O3.2CH4.2K.H/c1-3-7-15(2)30(13-20(32)28-12-16-8-6-10-18(25)22(16)26)21(33)14-31-19-11-5-4-9-17(19)23(29-31)24(27)34;1-3-5-10(2)17-9-13(19)18-8-11-6-4-7-12(15)14(11)16;11-6-8(14)5-4-7-2-1-3-9(12)10(7)13;11-10(16)9-6-3-1-2-4-7(6)13(12-9)5-8(14)15;1-3-4-5(2)6;2-1-4-3;;;;;/h4-6,8-11,15H,3,7,12-14H2,1-2H3,(H2,27,34)(H,28,32);4,6-7,10,17H,3,5,8-9H2,1-2H3,(H,18,19);1-3H,4-6H2;1-4H,5H2,(H2,11,16)(H,14,15);5H,3-4,6H2,1-2H3;1,3H;2*1H4;;;/q;;;;;;;;2*+1;-1/p-1. The van der Waals surface area contributed by atoms with Crippen LogP contribution in [0.3, 0.4) is 0 Å². The van der Waals surface area contributed by atoms with Gasteiger partial charge >= 0.3 is 109 Å². The van der Waals surface area contributed by atoms with Gasteiger partial charge in [-0.05, 0) is 82.3 Å². The molecule has 0 aliphatic heterocycles. The summed E-state index contributed by atoms with van der Waals surface area (Å²) in [6.45, 7) is 11.6. The van der Waals surface area contributed by atoms with Crippen LogP contribution in [0.2, 0.25) is 15.1 Å².